The Balaban J connectivity index is 1.88. The minimum absolute atomic E-state index is 0.140. The minimum atomic E-state index is -0.685. The first-order chi connectivity index (χ1) is 16.4. The molecule has 3 rings (SSSR count). The average Bonchev–Trinajstić information content (AvgIpc) is 2.85. The molecule has 0 radical (unpaired) electrons. The Morgan fingerprint density at radius 3 is 2.12 bits per heavy atom. The van der Waals surface area contributed by atoms with Gasteiger partial charge in [0.05, 0.1) is 5.75 Å². The topological polar surface area (TPSA) is 49.4 Å². The highest BCUT2D eigenvalue weighted by Gasteiger charge is 2.30. The second-order valence-electron chi connectivity index (χ2n) is 8.59. The second kappa shape index (κ2) is 12.9. The highest BCUT2D eigenvalue weighted by atomic mass is 32.2. The van der Waals surface area contributed by atoms with Gasteiger partial charge in [0.25, 0.3) is 0 Å². The van der Waals surface area contributed by atoms with Crippen LogP contribution < -0.4 is 5.32 Å². The maximum atomic E-state index is 13.5. The van der Waals surface area contributed by atoms with Gasteiger partial charge in [-0.2, -0.15) is 0 Å². The van der Waals surface area contributed by atoms with Crippen LogP contribution in [0, 0.1) is 11.7 Å². The van der Waals surface area contributed by atoms with E-state index in [0.717, 1.165) is 16.0 Å². The molecule has 4 nitrogen and oxygen atoms in total. The monoisotopic (exact) mass is 478 g/mol. The van der Waals surface area contributed by atoms with Crippen molar-refractivity contribution in [2.75, 3.05) is 12.3 Å². The van der Waals surface area contributed by atoms with Crippen LogP contribution in [0.15, 0.2) is 89.8 Å². The summed E-state index contributed by atoms with van der Waals surface area (Å²) in [6, 6.07) is 24.8. The fraction of sp³-hybridized carbons (Fsp3) is 0.286. The molecule has 2 amide bonds. The molecule has 0 fully saturated rings. The molecule has 1 atom stereocenters. The molecule has 0 spiro atoms. The van der Waals surface area contributed by atoms with Crippen molar-refractivity contribution < 1.29 is 14.0 Å². The van der Waals surface area contributed by atoms with Gasteiger partial charge in [0.2, 0.25) is 11.8 Å². The molecule has 178 valence electrons. The van der Waals surface area contributed by atoms with Crippen molar-refractivity contribution in [1.29, 1.82) is 0 Å². The van der Waals surface area contributed by atoms with E-state index < -0.39 is 6.04 Å². The van der Waals surface area contributed by atoms with Crippen LogP contribution >= 0.6 is 11.8 Å². The van der Waals surface area contributed by atoms with Crippen molar-refractivity contribution in [3.05, 3.63) is 102 Å². The average molecular weight is 479 g/mol. The number of thioether (sulfide) groups is 1. The summed E-state index contributed by atoms with van der Waals surface area (Å²) < 4.78 is 13.5. The molecule has 0 saturated heterocycles. The van der Waals surface area contributed by atoms with E-state index in [1.165, 1.54) is 23.9 Å². The maximum absolute atomic E-state index is 13.5. The van der Waals surface area contributed by atoms with Crippen LogP contribution in [0.25, 0.3) is 0 Å². The standard InChI is InChI=1S/C28H31FN2O2S/c1-21(2)18-30-28(33)26(17-22-9-5-3-6-10-22)31(19-23-13-15-24(29)16-14-23)27(32)20-34-25-11-7-4-8-12-25/h3-16,21,26H,17-20H2,1-2H3,(H,30,33)/t26-/m1/s1. The Morgan fingerprint density at radius 1 is 0.882 bits per heavy atom. The number of carbonyl (C=O) groups is 2. The molecule has 1 N–H and O–H groups in total. The van der Waals surface area contributed by atoms with Gasteiger partial charge in [-0.25, -0.2) is 4.39 Å². The molecule has 0 aromatic heterocycles. The minimum Gasteiger partial charge on any atom is -0.354 e. The number of halogens is 1. The highest BCUT2D eigenvalue weighted by Crippen LogP contribution is 2.21. The second-order valence-corrected chi connectivity index (χ2v) is 9.64. The Kier molecular flexibility index (Phi) is 9.71. The summed E-state index contributed by atoms with van der Waals surface area (Å²) in [6.45, 7) is 4.82. The van der Waals surface area contributed by atoms with Crippen molar-refractivity contribution in [2.24, 2.45) is 5.92 Å². The summed E-state index contributed by atoms with van der Waals surface area (Å²) in [4.78, 5) is 29.5. The lowest BCUT2D eigenvalue weighted by molar-refractivity contribution is -0.139. The van der Waals surface area contributed by atoms with E-state index in [-0.39, 0.29) is 35.8 Å². The Labute approximate surface area is 205 Å². The van der Waals surface area contributed by atoms with E-state index in [1.54, 1.807) is 17.0 Å². The van der Waals surface area contributed by atoms with Crippen LogP contribution in [0.2, 0.25) is 0 Å². The molecule has 0 aliphatic rings. The normalized spacial score (nSPS) is 11.8. The maximum Gasteiger partial charge on any atom is 0.243 e. The first-order valence-electron chi connectivity index (χ1n) is 11.5. The van der Waals surface area contributed by atoms with Crippen LogP contribution in [-0.4, -0.2) is 35.1 Å². The summed E-state index contributed by atoms with van der Waals surface area (Å²) in [7, 11) is 0. The zero-order chi connectivity index (χ0) is 24.3. The van der Waals surface area contributed by atoms with E-state index in [4.69, 9.17) is 0 Å². The van der Waals surface area contributed by atoms with E-state index in [1.807, 2.05) is 74.5 Å². The molecule has 0 heterocycles. The molecule has 0 unspecified atom stereocenters. The van der Waals surface area contributed by atoms with Gasteiger partial charge in [0.1, 0.15) is 11.9 Å². The molecular formula is C28H31FN2O2S. The lowest BCUT2D eigenvalue weighted by Crippen LogP contribution is -2.51. The SMILES string of the molecule is CC(C)CNC(=O)[C@@H](Cc1ccccc1)N(Cc1ccc(F)cc1)C(=O)CSc1ccccc1. The lowest BCUT2D eigenvalue weighted by atomic mass is 10.0. The van der Waals surface area contributed by atoms with Crippen LogP contribution in [-0.2, 0) is 22.6 Å². The van der Waals surface area contributed by atoms with E-state index in [0.29, 0.717) is 13.0 Å². The van der Waals surface area contributed by atoms with Crippen molar-refractivity contribution in [3.63, 3.8) is 0 Å². The summed E-state index contributed by atoms with van der Waals surface area (Å²) in [5.74, 6) is -0.168. The predicted octanol–water partition coefficient (Wildman–Crippen LogP) is 5.33. The third kappa shape index (κ3) is 8.03. The first-order valence-corrected chi connectivity index (χ1v) is 12.4. The summed E-state index contributed by atoms with van der Waals surface area (Å²) in [6.07, 6.45) is 0.397. The Hall–Kier alpha value is -3.12. The van der Waals surface area contributed by atoms with Crippen LogP contribution in [0.4, 0.5) is 4.39 Å². The molecule has 0 aliphatic heterocycles. The summed E-state index contributed by atoms with van der Waals surface area (Å²) >= 11 is 1.44. The smallest absolute Gasteiger partial charge is 0.243 e. The first kappa shape index (κ1) is 25.5. The third-order valence-electron chi connectivity index (χ3n) is 5.33. The van der Waals surface area contributed by atoms with Gasteiger partial charge in [0.15, 0.2) is 0 Å². The molecule has 34 heavy (non-hydrogen) atoms. The number of hydrogen-bond donors (Lipinski definition) is 1. The molecule has 3 aromatic carbocycles. The molecule has 6 heteroatoms. The largest absolute Gasteiger partial charge is 0.354 e. The van der Waals surface area contributed by atoms with Crippen molar-refractivity contribution in [3.8, 4) is 0 Å². The van der Waals surface area contributed by atoms with Gasteiger partial charge in [-0.05, 0) is 41.3 Å². The fourth-order valence-electron chi connectivity index (χ4n) is 3.51. The van der Waals surface area contributed by atoms with E-state index in [9.17, 15) is 14.0 Å². The number of carbonyl (C=O) groups excluding carboxylic acids is 2. The van der Waals surface area contributed by atoms with Crippen molar-refractivity contribution >= 4 is 23.6 Å². The number of amides is 2. The van der Waals surface area contributed by atoms with Crippen molar-refractivity contribution in [2.45, 2.75) is 37.8 Å². The van der Waals surface area contributed by atoms with Gasteiger partial charge in [-0.1, -0.05) is 74.5 Å². The third-order valence-corrected chi connectivity index (χ3v) is 6.32. The zero-order valence-corrected chi connectivity index (χ0v) is 20.4. The lowest BCUT2D eigenvalue weighted by Gasteiger charge is -2.31. The molecule has 0 bridgehead atoms. The van der Waals surface area contributed by atoms with Crippen LogP contribution in [0.5, 0.6) is 0 Å². The van der Waals surface area contributed by atoms with Crippen molar-refractivity contribution in [1.82, 2.24) is 10.2 Å². The van der Waals surface area contributed by atoms with E-state index in [2.05, 4.69) is 5.32 Å². The van der Waals surface area contributed by atoms with Gasteiger partial charge in [0, 0.05) is 24.4 Å². The highest BCUT2D eigenvalue weighted by molar-refractivity contribution is 8.00. The zero-order valence-electron chi connectivity index (χ0n) is 19.6. The molecule has 0 aliphatic carbocycles. The molecule has 0 saturated carbocycles. The summed E-state index contributed by atoms with van der Waals surface area (Å²) in [5.41, 5.74) is 1.74. The quantitative estimate of drug-likeness (QED) is 0.379. The number of benzene rings is 3. The number of nitrogens with zero attached hydrogens (tertiary/aromatic N) is 1. The van der Waals surface area contributed by atoms with Gasteiger partial charge >= 0.3 is 0 Å². The van der Waals surface area contributed by atoms with Crippen LogP contribution in [0.1, 0.15) is 25.0 Å². The summed E-state index contributed by atoms with van der Waals surface area (Å²) in [5, 5.41) is 3.01. The molecule has 3 aromatic rings. The number of rotatable bonds is 11. The number of nitrogens with one attached hydrogen (secondary N) is 1. The van der Waals surface area contributed by atoms with E-state index >= 15 is 0 Å². The van der Waals surface area contributed by atoms with Gasteiger partial charge < -0.3 is 10.2 Å². The Bertz CT molecular complexity index is 1040. The van der Waals surface area contributed by atoms with Gasteiger partial charge in [-0.15, -0.1) is 11.8 Å². The fourth-order valence-corrected chi connectivity index (χ4v) is 4.31. The predicted molar refractivity (Wildman–Crippen MR) is 136 cm³/mol. The Morgan fingerprint density at radius 2 is 1.50 bits per heavy atom. The molecular weight excluding hydrogens is 447 g/mol. The van der Waals surface area contributed by atoms with Crippen LogP contribution in [0.3, 0.4) is 0 Å². The van der Waals surface area contributed by atoms with Gasteiger partial charge in [-0.3, -0.25) is 9.59 Å². The number of hydrogen-bond acceptors (Lipinski definition) is 3.